The molecule has 1 aromatic carbocycles. The molecule has 1 aliphatic heterocycles. The zero-order chi connectivity index (χ0) is 14.3. The van der Waals surface area contributed by atoms with E-state index >= 15 is 0 Å². The third-order valence-corrected chi connectivity index (χ3v) is 2.91. The minimum absolute atomic E-state index is 0.220. The lowest BCUT2D eigenvalue weighted by molar-refractivity contribution is 0.350. The van der Waals surface area contributed by atoms with Crippen LogP contribution in [0, 0.1) is 5.82 Å². The number of hydrogen-bond acceptors (Lipinski definition) is 4. The van der Waals surface area contributed by atoms with E-state index in [1.54, 1.807) is 12.1 Å². The maximum Gasteiger partial charge on any atom is 0.206 e. The van der Waals surface area contributed by atoms with Crippen molar-refractivity contribution in [3.05, 3.63) is 17.9 Å². The second-order valence-corrected chi connectivity index (χ2v) is 3.90. The fraction of sp³-hybridized carbons (Fsp3) is 0.571. The Bertz CT molecular complexity index is 368. The molecule has 0 aliphatic carbocycles. The largest absolute Gasteiger partial charge is 0.493 e. The number of anilines is 1. The quantitative estimate of drug-likeness (QED) is 0.913. The molecule has 108 valence electrons. The lowest BCUT2D eigenvalue weighted by atomic mass is 10.2. The van der Waals surface area contributed by atoms with Crippen molar-refractivity contribution in [2.45, 2.75) is 13.8 Å². The van der Waals surface area contributed by atoms with Crippen molar-refractivity contribution < 1.29 is 13.9 Å². The van der Waals surface area contributed by atoms with Crippen molar-refractivity contribution in [2.75, 3.05) is 45.3 Å². The Morgan fingerprint density at radius 2 is 1.53 bits per heavy atom. The van der Waals surface area contributed by atoms with Gasteiger partial charge in [-0.2, -0.15) is 4.39 Å². The smallest absolute Gasteiger partial charge is 0.206 e. The second-order valence-electron chi connectivity index (χ2n) is 3.90. The first kappa shape index (κ1) is 15.6. The van der Waals surface area contributed by atoms with E-state index in [1.807, 2.05) is 13.8 Å². The van der Waals surface area contributed by atoms with Gasteiger partial charge in [0.25, 0.3) is 0 Å². The number of nitrogens with zero attached hydrogens (tertiary/aromatic N) is 1. The number of nitrogens with one attached hydrogen (secondary N) is 1. The molecule has 1 N–H and O–H groups in total. The normalized spacial score (nSPS) is 14.5. The molecular formula is C14H23FN2O2. The van der Waals surface area contributed by atoms with Gasteiger partial charge in [-0.05, 0) is 0 Å². The van der Waals surface area contributed by atoms with Gasteiger partial charge in [-0.25, -0.2) is 0 Å². The predicted octanol–water partition coefficient (Wildman–Crippen LogP) is 2.28. The molecule has 1 saturated heterocycles. The topological polar surface area (TPSA) is 33.7 Å². The van der Waals surface area contributed by atoms with Crippen LogP contribution in [0.2, 0.25) is 0 Å². The molecule has 0 saturated carbocycles. The molecule has 0 radical (unpaired) electrons. The summed E-state index contributed by atoms with van der Waals surface area (Å²) in [7, 11) is 2.92. The van der Waals surface area contributed by atoms with Gasteiger partial charge in [-0.1, -0.05) is 13.8 Å². The minimum Gasteiger partial charge on any atom is -0.493 e. The maximum absolute atomic E-state index is 13.7. The van der Waals surface area contributed by atoms with Crippen molar-refractivity contribution in [1.82, 2.24) is 5.32 Å². The Hall–Kier alpha value is -1.49. The van der Waals surface area contributed by atoms with Crippen molar-refractivity contribution in [2.24, 2.45) is 0 Å². The number of piperazine rings is 1. The van der Waals surface area contributed by atoms with E-state index in [-0.39, 0.29) is 11.5 Å². The Morgan fingerprint density at radius 1 is 1.05 bits per heavy atom. The number of halogens is 1. The first-order valence-corrected chi connectivity index (χ1v) is 6.63. The molecule has 0 aromatic heterocycles. The lowest BCUT2D eigenvalue weighted by Crippen LogP contribution is -2.43. The van der Waals surface area contributed by atoms with Crippen LogP contribution in [0.25, 0.3) is 0 Å². The molecular weight excluding hydrogens is 247 g/mol. The standard InChI is InChI=1S/C12H17FN2O2.C2H6/c1-16-10-7-9(8-11(17-2)12(10)13)15-5-3-14-4-6-15;1-2/h7-8,14H,3-6H2,1-2H3;1-2H3. The molecule has 19 heavy (non-hydrogen) atoms. The molecule has 0 atom stereocenters. The van der Waals surface area contributed by atoms with Crippen molar-refractivity contribution >= 4 is 5.69 Å². The van der Waals surface area contributed by atoms with Gasteiger partial charge in [-0.15, -0.1) is 0 Å². The van der Waals surface area contributed by atoms with E-state index < -0.39 is 5.82 Å². The molecule has 0 unspecified atom stereocenters. The van der Waals surface area contributed by atoms with Gasteiger partial charge in [-0.3, -0.25) is 0 Å². The van der Waals surface area contributed by atoms with Gasteiger partial charge in [0.1, 0.15) is 0 Å². The van der Waals surface area contributed by atoms with Crippen LogP contribution in [0.15, 0.2) is 12.1 Å². The Balaban J connectivity index is 0.000000861. The number of ether oxygens (including phenoxy) is 2. The van der Waals surface area contributed by atoms with E-state index in [4.69, 9.17) is 9.47 Å². The Morgan fingerprint density at radius 3 is 1.95 bits per heavy atom. The highest BCUT2D eigenvalue weighted by Gasteiger charge is 2.17. The molecule has 1 fully saturated rings. The number of rotatable bonds is 3. The van der Waals surface area contributed by atoms with Gasteiger partial charge in [0, 0.05) is 44.0 Å². The highest BCUT2D eigenvalue weighted by atomic mass is 19.1. The van der Waals surface area contributed by atoms with Crippen LogP contribution in [0.4, 0.5) is 10.1 Å². The second kappa shape index (κ2) is 7.84. The van der Waals surface area contributed by atoms with Gasteiger partial charge >= 0.3 is 0 Å². The van der Waals surface area contributed by atoms with Gasteiger partial charge < -0.3 is 19.7 Å². The summed E-state index contributed by atoms with van der Waals surface area (Å²) < 4.78 is 23.8. The summed E-state index contributed by atoms with van der Waals surface area (Å²) in [5, 5.41) is 3.27. The number of hydrogen-bond donors (Lipinski definition) is 1. The maximum atomic E-state index is 13.7. The van der Waals surface area contributed by atoms with Crippen LogP contribution in [0.5, 0.6) is 11.5 Å². The Labute approximate surface area is 114 Å². The molecule has 5 heteroatoms. The number of methoxy groups -OCH3 is 2. The average molecular weight is 270 g/mol. The Kier molecular flexibility index (Phi) is 6.42. The summed E-state index contributed by atoms with van der Waals surface area (Å²) in [6.45, 7) is 7.67. The summed E-state index contributed by atoms with van der Waals surface area (Å²) in [5.74, 6) is -0.00958. The van der Waals surface area contributed by atoms with Crippen LogP contribution >= 0.6 is 0 Å². The van der Waals surface area contributed by atoms with Gasteiger partial charge in [0.2, 0.25) is 5.82 Å². The zero-order valence-electron chi connectivity index (χ0n) is 12.1. The number of benzene rings is 1. The zero-order valence-corrected chi connectivity index (χ0v) is 12.1. The summed E-state index contributed by atoms with van der Waals surface area (Å²) >= 11 is 0. The van der Waals surface area contributed by atoms with E-state index in [2.05, 4.69) is 10.2 Å². The van der Waals surface area contributed by atoms with E-state index in [0.29, 0.717) is 0 Å². The van der Waals surface area contributed by atoms with Gasteiger partial charge in [0.05, 0.1) is 14.2 Å². The SMILES string of the molecule is CC.COc1cc(N2CCNCC2)cc(OC)c1F. The highest BCUT2D eigenvalue weighted by molar-refractivity contribution is 5.56. The van der Waals surface area contributed by atoms with Crippen molar-refractivity contribution in [3.8, 4) is 11.5 Å². The molecule has 0 amide bonds. The third-order valence-electron chi connectivity index (χ3n) is 2.91. The fourth-order valence-electron chi connectivity index (χ4n) is 1.96. The monoisotopic (exact) mass is 270 g/mol. The van der Waals surface area contributed by atoms with Crippen molar-refractivity contribution in [3.63, 3.8) is 0 Å². The summed E-state index contributed by atoms with van der Waals surface area (Å²) in [6.07, 6.45) is 0. The molecule has 4 nitrogen and oxygen atoms in total. The highest BCUT2D eigenvalue weighted by Crippen LogP contribution is 2.32. The minimum atomic E-state index is -0.450. The fourth-order valence-corrected chi connectivity index (χ4v) is 1.96. The third kappa shape index (κ3) is 3.73. The van der Waals surface area contributed by atoms with E-state index in [1.165, 1.54) is 14.2 Å². The van der Waals surface area contributed by atoms with Crippen LogP contribution in [0.1, 0.15) is 13.8 Å². The van der Waals surface area contributed by atoms with Crippen molar-refractivity contribution in [1.29, 1.82) is 0 Å². The van der Waals surface area contributed by atoms with Crippen LogP contribution in [0.3, 0.4) is 0 Å². The van der Waals surface area contributed by atoms with E-state index in [9.17, 15) is 4.39 Å². The summed E-state index contributed by atoms with van der Waals surface area (Å²) in [6, 6.07) is 3.42. The summed E-state index contributed by atoms with van der Waals surface area (Å²) in [5.41, 5.74) is 0.932. The molecule has 1 aliphatic rings. The molecule has 0 bridgehead atoms. The molecule has 0 spiro atoms. The molecule has 1 aromatic rings. The predicted molar refractivity (Wildman–Crippen MR) is 75.9 cm³/mol. The van der Waals surface area contributed by atoms with E-state index in [0.717, 1.165) is 31.9 Å². The van der Waals surface area contributed by atoms with Crippen LogP contribution in [-0.2, 0) is 0 Å². The van der Waals surface area contributed by atoms with Crippen LogP contribution in [-0.4, -0.2) is 40.4 Å². The molecule has 2 rings (SSSR count). The average Bonchev–Trinajstić information content (AvgIpc) is 2.50. The van der Waals surface area contributed by atoms with Crippen LogP contribution < -0.4 is 19.7 Å². The first-order chi connectivity index (χ1) is 9.26. The molecule has 1 heterocycles. The summed E-state index contributed by atoms with van der Waals surface area (Å²) in [4.78, 5) is 2.18. The first-order valence-electron chi connectivity index (χ1n) is 6.63. The lowest BCUT2D eigenvalue weighted by Gasteiger charge is -2.30. The van der Waals surface area contributed by atoms with Gasteiger partial charge in [0.15, 0.2) is 11.5 Å².